The molecule has 0 aliphatic heterocycles. The summed E-state index contributed by atoms with van der Waals surface area (Å²) in [6.45, 7) is 2.84. The molecule has 1 aromatic rings. The van der Waals surface area contributed by atoms with Gasteiger partial charge in [-0.05, 0) is 19.1 Å². The Labute approximate surface area is 104 Å². The van der Waals surface area contributed by atoms with E-state index in [1.807, 2.05) is 0 Å². The zero-order valence-electron chi connectivity index (χ0n) is 10.9. The lowest BCUT2D eigenvalue weighted by Crippen LogP contribution is -2.44. The second-order valence-corrected chi connectivity index (χ2v) is 6.93. The molecule has 0 fully saturated rings. The van der Waals surface area contributed by atoms with Gasteiger partial charge in [0.1, 0.15) is 0 Å². The van der Waals surface area contributed by atoms with Crippen LogP contribution < -0.4 is 5.32 Å². The van der Waals surface area contributed by atoms with Crippen LogP contribution in [0.15, 0.2) is 24.3 Å². The van der Waals surface area contributed by atoms with Crippen LogP contribution in [0.2, 0.25) is 6.04 Å². The highest BCUT2D eigenvalue weighted by molar-refractivity contribution is 6.60. The van der Waals surface area contributed by atoms with Crippen LogP contribution in [0.1, 0.15) is 5.56 Å². The Hall–Kier alpha value is -0.883. The van der Waals surface area contributed by atoms with E-state index in [4.69, 9.17) is 13.3 Å². The number of anilines is 1. The molecule has 0 aliphatic carbocycles. The van der Waals surface area contributed by atoms with E-state index in [0.29, 0.717) is 0 Å². The Morgan fingerprint density at radius 2 is 1.53 bits per heavy atom. The molecular formula is C12H21NO3Si. The first-order chi connectivity index (χ1) is 8.15. The molecule has 0 amide bonds. The predicted octanol–water partition coefficient (Wildman–Crippen LogP) is 2.29. The average Bonchev–Trinajstić information content (AvgIpc) is 2.38. The number of rotatable bonds is 7. The second kappa shape index (κ2) is 6.76. The monoisotopic (exact) mass is 255 g/mol. The van der Waals surface area contributed by atoms with E-state index in [1.54, 1.807) is 21.3 Å². The van der Waals surface area contributed by atoms with Gasteiger partial charge in [0.05, 0.1) is 0 Å². The van der Waals surface area contributed by atoms with Crippen molar-refractivity contribution in [1.29, 1.82) is 0 Å². The molecule has 5 heteroatoms. The molecule has 4 nitrogen and oxygen atoms in total. The largest absolute Gasteiger partial charge is 0.501 e. The summed E-state index contributed by atoms with van der Waals surface area (Å²) in [5.41, 5.74) is 2.35. The maximum absolute atomic E-state index is 5.35. The fourth-order valence-electron chi connectivity index (χ4n) is 1.59. The van der Waals surface area contributed by atoms with Crippen LogP contribution in [0.25, 0.3) is 0 Å². The zero-order valence-corrected chi connectivity index (χ0v) is 11.9. The van der Waals surface area contributed by atoms with Crippen LogP contribution in [-0.4, -0.2) is 36.7 Å². The fourth-order valence-corrected chi connectivity index (χ4v) is 3.13. The number of hydrogen-bond acceptors (Lipinski definition) is 4. The van der Waals surface area contributed by atoms with E-state index in [0.717, 1.165) is 18.3 Å². The molecule has 1 rings (SSSR count). The summed E-state index contributed by atoms with van der Waals surface area (Å²) < 4.78 is 16.0. The molecule has 0 atom stereocenters. The standard InChI is InChI=1S/C12H21NO3Si/c1-11-5-7-12(8-6-11)13-9-10-17(14-2,15-3)16-4/h5-8,13H,9-10H2,1-4H3. The number of benzene rings is 1. The predicted molar refractivity (Wildman–Crippen MR) is 71.3 cm³/mol. The fraction of sp³-hybridized carbons (Fsp3) is 0.500. The van der Waals surface area contributed by atoms with E-state index in [1.165, 1.54) is 5.56 Å². The molecule has 17 heavy (non-hydrogen) atoms. The Morgan fingerprint density at radius 3 is 2.00 bits per heavy atom. The van der Waals surface area contributed by atoms with Gasteiger partial charge in [0.25, 0.3) is 0 Å². The van der Waals surface area contributed by atoms with Crippen LogP contribution in [0.5, 0.6) is 0 Å². The molecule has 96 valence electrons. The maximum atomic E-state index is 5.35. The summed E-state index contributed by atoms with van der Waals surface area (Å²) in [6, 6.07) is 9.02. The van der Waals surface area contributed by atoms with Gasteiger partial charge in [0.15, 0.2) is 0 Å². The minimum Gasteiger partial charge on any atom is -0.385 e. The first kappa shape index (κ1) is 14.2. The Morgan fingerprint density at radius 1 is 1.00 bits per heavy atom. The molecule has 0 radical (unpaired) electrons. The molecular weight excluding hydrogens is 234 g/mol. The summed E-state index contributed by atoms with van der Waals surface area (Å²) in [7, 11) is 2.45. The maximum Gasteiger partial charge on any atom is 0.501 e. The van der Waals surface area contributed by atoms with Gasteiger partial charge in [-0.15, -0.1) is 0 Å². The van der Waals surface area contributed by atoms with Crippen molar-refractivity contribution in [3.63, 3.8) is 0 Å². The first-order valence-corrected chi connectivity index (χ1v) is 7.55. The summed E-state index contributed by atoms with van der Waals surface area (Å²) in [4.78, 5) is 0. The number of hydrogen-bond donors (Lipinski definition) is 1. The van der Waals surface area contributed by atoms with Gasteiger partial charge in [0.2, 0.25) is 0 Å². The summed E-state index contributed by atoms with van der Waals surface area (Å²) >= 11 is 0. The Balaban J connectivity index is 2.43. The third-order valence-electron chi connectivity index (χ3n) is 2.74. The quantitative estimate of drug-likeness (QED) is 0.759. The highest BCUT2D eigenvalue weighted by Gasteiger charge is 2.36. The molecule has 1 N–H and O–H groups in total. The highest BCUT2D eigenvalue weighted by atomic mass is 28.4. The lowest BCUT2D eigenvalue weighted by Gasteiger charge is -2.24. The van der Waals surface area contributed by atoms with Crippen molar-refractivity contribution in [2.24, 2.45) is 0 Å². The molecule has 0 bridgehead atoms. The molecule has 0 heterocycles. The number of nitrogens with one attached hydrogen (secondary N) is 1. The van der Waals surface area contributed by atoms with E-state index in [-0.39, 0.29) is 0 Å². The lowest BCUT2D eigenvalue weighted by molar-refractivity contribution is 0.124. The van der Waals surface area contributed by atoms with E-state index >= 15 is 0 Å². The lowest BCUT2D eigenvalue weighted by atomic mass is 10.2. The Kier molecular flexibility index (Phi) is 5.63. The van der Waals surface area contributed by atoms with Gasteiger partial charge >= 0.3 is 8.80 Å². The minimum atomic E-state index is -2.44. The summed E-state index contributed by atoms with van der Waals surface area (Å²) in [5.74, 6) is 0. The van der Waals surface area contributed by atoms with E-state index in [9.17, 15) is 0 Å². The van der Waals surface area contributed by atoms with Gasteiger partial charge in [-0.3, -0.25) is 0 Å². The summed E-state index contributed by atoms with van der Waals surface area (Å²) in [6.07, 6.45) is 0. The van der Waals surface area contributed by atoms with Gasteiger partial charge in [-0.1, -0.05) is 17.7 Å². The van der Waals surface area contributed by atoms with Crippen molar-refractivity contribution >= 4 is 14.5 Å². The SMILES string of the molecule is CO[Si](CCNc1ccc(C)cc1)(OC)OC. The molecule has 0 spiro atoms. The average molecular weight is 255 g/mol. The molecule has 0 saturated heterocycles. The highest BCUT2D eigenvalue weighted by Crippen LogP contribution is 2.14. The smallest absolute Gasteiger partial charge is 0.385 e. The third-order valence-corrected chi connectivity index (χ3v) is 5.47. The molecule has 0 aliphatic rings. The van der Waals surface area contributed by atoms with Gasteiger partial charge in [-0.2, -0.15) is 0 Å². The number of aryl methyl sites for hydroxylation is 1. The molecule has 0 saturated carbocycles. The van der Waals surface area contributed by atoms with Crippen molar-refractivity contribution in [3.05, 3.63) is 29.8 Å². The Bertz CT molecular complexity index is 317. The van der Waals surface area contributed by atoms with Crippen LogP contribution in [-0.2, 0) is 13.3 Å². The first-order valence-electron chi connectivity index (χ1n) is 5.62. The van der Waals surface area contributed by atoms with Gasteiger partial charge in [0, 0.05) is 39.6 Å². The van der Waals surface area contributed by atoms with Gasteiger partial charge in [-0.25, -0.2) is 0 Å². The van der Waals surface area contributed by atoms with E-state index < -0.39 is 8.80 Å². The zero-order chi connectivity index (χ0) is 12.7. The van der Waals surface area contributed by atoms with Crippen LogP contribution in [0, 0.1) is 6.92 Å². The second-order valence-electron chi connectivity index (χ2n) is 3.84. The van der Waals surface area contributed by atoms with Crippen molar-refractivity contribution in [2.45, 2.75) is 13.0 Å². The topological polar surface area (TPSA) is 39.7 Å². The van der Waals surface area contributed by atoms with Crippen LogP contribution in [0.3, 0.4) is 0 Å². The molecule has 1 aromatic carbocycles. The van der Waals surface area contributed by atoms with Crippen LogP contribution >= 0.6 is 0 Å². The normalized spacial score (nSPS) is 11.5. The third kappa shape index (κ3) is 4.12. The van der Waals surface area contributed by atoms with Crippen molar-refractivity contribution in [3.8, 4) is 0 Å². The van der Waals surface area contributed by atoms with E-state index in [2.05, 4.69) is 36.5 Å². The van der Waals surface area contributed by atoms with Crippen LogP contribution in [0.4, 0.5) is 5.69 Å². The summed E-state index contributed by atoms with van der Waals surface area (Å²) in [5, 5.41) is 3.32. The minimum absolute atomic E-state index is 0.740. The van der Waals surface area contributed by atoms with Crippen molar-refractivity contribution in [2.75, 3.05) is 33.2 Å². The molecule has 0 unspecified atom stereocenters. The van der Waals surface area contributed by atoms with Crippen molar-refractivity contribution in [1.82, 2.24) is 0 Å². The van der Waals surface area contributed by atoms with Gasteiger partial charge < -0.3 is 18.6 Å². The molecule has 0 aromatic heterocycles. The van der Waals surface area contributed by atoms with Crippen molar-refractivity contribution < 1.29 is 13.3 Å².